The first-order valence-corrected chi connectivity index (χ1v) is 6.06. The lowest BCUT2D eigenvalue weighted by Crippen LogP contribution is -2.28. The number of hydrogen-bond donors (Lipinski definition) is 2. The van der Waals surface area contributed by atoms with Crippen molar-refractivity contribution in [2.45, 2.75) is 45.6 Å². The van der Waals surface area contributed by atoms with E-state index in [0.29, 0.717) is 6.04 Å². The lowest BCUT2D eigenvalue weighted by Gasteiger charge is -2.28. The zero-order chi connectivity index (χ0) is 11.5. The second-order valence-corrected chi connectivity index (χ2v) is 4.34. The summed E-state index contributed by atoms with van der Waals surface area (Å²) < 4.78 is 0. The van der Waals surface area contributed by atoms with Gasteiger partial charge in [-0.1, -0.05) is 6.92 Å². The molecule has 1 heterocycles. The van der Waals surface area contributed by atoms with E-state index in [1.165, 1.54) is 19.3 Å². The Labute approximate surface area is 96.9 Å². The number of aromatic nitrogens is 2. The van der Waals surface area contributed by atoms with Crippen molar-refractivity contribution >= 4 is 11.6 Å². The topological polar surface area (TPSA) is 49.8 Å². The van der Waals surface area contributed by atoms with Crippen LogP contribution in [-0.2, 0) is 6.42 Å². The third-order valence-electron chi connectivity index (χ3n) is 3.19. The molecule has 0 atom stereocenters. The molecule has 0 unspecified atom stereocenters. The molecule has 0 spiro atoms. The highest BCUT2D eigenvalue weighted by molar-refractivity contribution is 5.57. The van der Waals surface area contributed by atoms with Gasteiger partial charge in [-0.25, -0.2) is 9.97 Å². The summed E-state index contributed by atoms with van der Waals surface area (Å²) in [6, 6.07) is 0.614. The Balaban J connectivity index is 2.25. The van der Waals surface area contributed by atoms with Crippen LogP contribution in [0.1, 0.15) is 37.6 Å². The molecule has 0 aliphatic heterocycles. The Hall–Kier alpha value is -1.32. The Morgan fingerprint density at radius 1 is 1.25 bits per heavy atom. The fourth-order valence-electron chi connectivity index (χ4n) is 1.85. The average Bonchev–Trinajstić information content (AvgIpc) is 2.25. The molecule has 2 rings (SSSR count). The van der Waals surface area contributed by atoms with Crippen LogP contribution in [0.3, 0.4) is 0 Å². The van der Waals surface area contributed by atoms with Gasteiger partial charge in [0.25, 0.3) is 0 Å². The van der Waals surface area contributed by atoms with E-state index in [1.54, 1.807) is 0 Å². The van der Waals surface area contributed by atoms with E-state index in [2.05, 4.69) is 34.4 Å². The van der Waals surface area contributed by atoms with Gasteiger partial charge in [-0.15, -0.1) is 0 Å². The van der Waals surface area contributed by atoms with Gasteiger partial charge < -0.3 is 10.6 Å². The van der Waals surface area contributed by atoms with Crippen molar-refractivity contribution < 1.29 is 0 Å². The molecule has 1 fully saturated rings. The third-order valence-corrected chi connectivity index (χ3v) is 3.19. The van der Waals surface area contributed by atoms with Crippen LogP contribution in [0, 0.1) is 6.92 Å². The van der Waals surface area contributed by atoms with Crippen molar-refractivity contribution in [3.8, 4) is 0 Å². The van der Waals surface area contributed by atoms with Gasteiger partial charge in [-0.3, -0.25) is 0 Å². The van der Waals surface area contributed by atoms with E-state index >= 15 is 0 Å². The van der Waals surface area contributed by atoms with Crippen molar-refractivity contribution in [1.82, 2.24) is 9.97 Å². The van der Waals surface area contributed by atoms with Crippen LogP contribution >= 0.6 is 0 Å². The number of rotatable bonds is 4. The molecule has 1 aliphatic rings. The van der Waals surface area contributed by atoms with Gasteiger partial charge in [0.15, 0.2) is 0 Å². The largest absolute Gasteiger partial charge is 0.373 e. The minimum atomic E-state index is 0.614. The van der Waals surface area contributed by atoms with E-state index in [-0.39, 0.29) is 0 Å². The Kier molecular flexibility index (Phi) is 3.27. The monoisotopic (exact) mass is 220 g/mol. The van der Waals surface area contributed by atoms with Gasteiger partial charge in [0.1, 0.15) is 17.5 Å². The molecule has 0 radical (unpaired) electrons. The number of aryl methyl sites for hydroxylation is 1. The second kappa shape index (κ2) is 4.68. The normalized spacial score (nSPS) is 15.7. The quantitative estimate of drug-likeness (QED) is 0.817. The fourth-order valence-corrected chi connectivity index (χ4v) is 1.85. The number of anilines is 2. The van der Waals surface area contributed by atoms with Crippen molar-refractivity contribution in [1.29, 1.82) is 0 Å². The van der Waals surface area contributed by atoms with Gasteiger partial charge in [0.2, 0.25) is 0 Å². The summed E-state index contributed by atoms with van der Waals surface area (Å²) in [7, 11) is 1.90. The molecule has 0 amide bonds. The van der Waals surface area contributed by atoms with E-state index in [4.69, 9.17) is 0 Å². The molecule has 4 nitrogen and oxygen atoms in total. The zero-order valence-corrected chi connectivity index (χ0v) is 10.3. The lowest BCUT2D eigenvalue weighted by atomic mass is 9.93. The van der Waals surface area contributed by atoms with Crippen LogP contribution in [0.5, 0.6) is 0 Å². The van der Waals surface area contributed by atoms with Crippen molar-refractivity contribution in [2.24, 2.45) is 0 Å². The summed E-state index contributed by atoms with van der Waals surface area (Å²) in [6.07, 6.45) is 4.73. The summed E-state index contributed by atoms with van der Waals surface area (Å²) in [5.74, 6) is 2.84. The number of nitrogens with zero attached hydrogens (tertiary/aromatic N) is 2. The zero-order valence-electron chi connectivity index (χ0n) is 10.3. The number of hydrogen-bond acceptors (Lipinski definition) is 4. The molecule has 1 aliphatic carbocycles. The minimum Gasteiger partial charge on any atom is -0.373 e. The summed E-state index contributed by atoms with van der Waals surface area (Å²) >= 11 is 0. The molecule has 0 saturated heterocycles. The summed E-state index contributed by atoms with van der Waals surface area (Å²) in [4.78, 5) is 9.02. The van der Waals surface area contributed by atoms with Crippen molar-refractivity contribution in [3.63, 3.8) is 0 Å². The standard InChI is InChI=1S/C12H20N4/c1-4-10-15-11(13-3)8(2)12(16-10)14-9-6-5-7-9/h9H,4-7H2,1-3H3,(H2,13,14,15,16). The SMILES string of the molecule is CCc1nc(NC)c(C)c(NC2CCC2)n1. The van der Waals surface area contributed by atoms with Crippen LogP contribution in [0.2, 0.25) is 0 Å². The van der Waals surface area contributed by atoms with Crippen LogP contribution in [-0.4, -0.2) is 23.1 Å². The predicted octanol–water partition coefficient (Wildman–Crippen LogP) is 2.35. The number of nitrogens with one attached hydrogen (secondary N) is 2. The van der Waals surface area contributed by atoms with E-state index in [0.717, 1.165) is 29.4 Å². The van der Waals surface area contributed by atoms with Gasteiger partial charge in [0.05, 0.1) is 0 Å². The van der Waals surface area contributed by atoms with E-state index in [1.807, 2.05) is 7.05 Å². The molecule has 1 aromatic rings. The summed E-state index contributed by atoms with van der Waals surface area (Å²) in [6.45, 7) is 4.14. The Bertz CT molecular complexity index is 372. The van der Waals surface area contributed by atoms with Gasteiger partial charge >= 0.3 is 0 Å². The minimum absolute atomic E-state index is 0.614. The third kappa shape index (κ3) is 2.10. The van der Waals surface area contributed by atoms with Crippen molar-refractivity contribution in [2.75, 3.05) is 17.7 Å². The van der Waals surface area contributed by atoms with E-state index in [9.17, 15) is 0 Å². The molecule has 1 aromatic heterocycles. The van der Waals surface area contributed by atoms with Crippen LogP contribution in [0.4, 0.5) is 11.6 Å². The highest BCUT2D eigenvalue weighted by Crippen LogP contribution is 2.26. The Morgan fingerprint density at radius 3 is 2.44 bits per heavy atom. The Morgan fingerprint density at radius 2 is 1.94 bits per heavy atom. The smallest absolute Gasteiger partial charge is 0.134 e. The first kappa shape index (κ1) is 11.2. The molecule has 2 N–H and O–H groups in total. The summed E-state index contributed by atoms with van der Waals surface area (Å²) in [5.41, 5.74) is 1.12. The molecule has 1 saturated carbocycles. The molecular weight excluding hydrogens is 200 g/mol. The molecular formula is C12H20N4. The fraction of sp³-hybridized carbons (Fsp3) is 0.667. The van der Waals surface area contributed by atoms with Crippen LogP contribution in [0.25, 0.3) is 0 Å². The van der Waals surface area contributed by atoms with Crippen molar-refractivity contribution in [3.05, 3.63) is 11.4 Å². The molecule has 88 valence electrons. The first-order chi connectivity index (χ1) is 7.74. The predicted molar refractivity (Wildman–Crippen MR) is 67.0 cm³/mol. The second-order valence-electron chi connectivity index (χ2n) is 4.34. The van der Waals surface area contributed by atoms with Gasteiger partial charge in [0, 0.05) is 25.1 Å². The van der Waals surface area contributed by atoms with Gasteiger partial charge in [-0.05, 0) is 26.2 Å². The van der Waals surface area contributed by atoms with Crippen LogP contribution < -0.4 is 10.6 Å². The first-order valence-electron chi connectivity index (χ1n) is 6.06. The highest BCUT2D eigenvalue weighted by atomic mass is 15.1. The maximum atomic E-state index is 4.56. The lowest BCUT2D eigenvalue weighted by molar-refractivity contribution is 0.444. The maximum Gasteiger partial charge on any atom is 0.134 e. The molecule has 0 bridgehead atoms. The van der Waals surface area contributed by atoms with Gasteiger partial charge in [-0.2, -0.15) is 0 Å². The molecule has 4 heteroatoms. The average molecular weight is 220 g/mol. The molecule has 0 aromatic carbocycles. The molecule has 16 heavy (non-hydrogen) atoms. The summed E-state index contributed by atoms with van der Waals surface area (Å²) in [5, 5.41) is 6.63. The van der Waals surface area contributed by atoms with Crippen LogP contribution in [0.15, 0.2) is 0 Å². The highest BCUT2D eigenvalue weighted by Gasteiger charge is 2.19. The maximum absolute atomic E-state index is 4.56. The van der Waals surface area contributed by atoms with E-state index < -0.39 is 0 Å².